The van der Waals surface area contributed by atoms with Gasteiger partial charge in [0.05, 0.1) is 5.02 Å². The lowest BCUT2D eigenvalue weighted by molar-refractivity contribution is -0.144. The molecule has 0 radical (unpaired) electrons. The first-order valence-corrected chi connectivity index (χ1v) is 5.25. The maximum absolute atomic E-state index is 10.6. The van der Waals surface area contributed by atoms with Crippen molar-refractivity contribution in [3.05, 3.63) is 28.8 Å². The molecule has 5 heteroatoms. The number of nitrogens with one attached hydrogen (secondary N) is 1. The van der Waals surface area contributed by atoms with Crippen molar-refractivity contribution in [2.75, 3.05) is 7.05 Å². The van der Waals surface area contributed by atoms with Gasteiger partial charge in [0.15, 0.2) is 6.10 Å². The van der Waals surface area contributed by atoms with Gasteiger partial charge in [-0.1, -0.05) is 17.7 Å². The van der Waals surface area contributed by atoms with Crippen LogP contribution in [0.15, 0.2) is 18.2 Å². The Hall–Kier alpha value is -1.26. The molecule has 0 saturated carbocycles. The molecule has 0 aliphatic rings. The molecule has 4 nitrogen and oxygen atoms in total. The Morgan fingerprint density at radius 3 is 2.81 bits per heavy atom. The number of carboxylic acids is 1. The first-order chi connectivity index (χ1) is 7.54. The normalized spacial score (nSPS) is 12.2. The van der Waals surface area contributed by atoms with Crippen LogP contribution in [0.1, 0.15) is 12.5 Å². The first-order valence-electron chi connectivity index (χ1n) is 4.87. The molecule has 0 saturated heterocycles. The van der Waals surface area contributed by atoms with Crippen LogP contribution in [0.4, 0.5) is 0 Å². The maximum atomic E-state index is 10.6. The Morgan fingerprint density at radius 2 is 2.31 bits per heavy atom. The molecule has 88 valence electrons. The molecule has 16 heavy (non-hydrogen) atoms. The topological polar surface area (TPSA) is 58.6 Å². The Morgan fingerprint density at radius 1 is 1.62 bits per heavy atom. The van der Waals surface area contributed by atoms with Gasteiger partial charge in [-0.05, 0) is 31.7 Å². The Kier molecular flexibility index (Phi) is 4.58. The molecule has 1 aromatic rings. The van der Waals surface area contributed by atoms with E-state index in [0.717, 1.165) is 5.56 Å². The molecule has 1 unspecified atom stereocenters. The van der Waals surface area contributed by atoms with E-state index in [1.807, 2.05) is 13.1 Å². The SMILES string of the molecule is CNCc1ccc(OC(C)C(=O)O)c(Cl)c1. The molecule has 0 aromatic heterocycles. The molecule has 1 atom stereocenters. The van der Waals surface area contributed by atoms with Crippen molar-refractivity contribution in [2.24, 2.45) is 0 Å². The van der Waals surface area contributed by atoms with Crippen LogP contribution in [-0.4, -0.2) is 24.2 Å². The van der Waals surface area contributed by atoms with Gasteiger partial charge in [0, 0.05) is 6.54 Å². The molecule has 0 fully saturated rings. The fraction of sp³-hybridized carbons (Fsp3) is 0.364. The Bertz CT molecular complexity index is 381. The van der Waals surface area contributed by atoms with Gasteiger partial charge in [-0.3, -0.25) is 0 Å². The molecule has 1 aromatic carbocycles. The molecule has 0 aliphatic carbocycles. The van der Waals surface area contributed by atoms with E-state index >= 15 is 0 Å². The lowest BCUT2D eigenvalue weighted by Crippen LogP contribution is -2.23. The van der Waals surface area contributed by atoms with Gasteiger partial charge in [0.25, 0.3) is 0 Å². The van der Waals surface area contributed by atoms with Gasteiger partial charge in [-0.15, -0.1) is 0 Å². The third-order valence-corrected chi connectivity index (χ3v) is 2.32. The second kappa shape index (κ2) is 5.72. The third-order valence-electron chi connectivity index (χ3n) is 2.03. The van der Waals surface area contributed by atoms with Gasteiger partial charge < -0.3 is 15.2 Å². The van der Waals surface area contributed by atoms with Crippen LogP contribution in [0.5, 0.6) is 5.75 Å². The number of ether oxygens (including phenoxy) is 1. The van der Waals surface area contributed by atoms with Crippen molar-refractivity contribution in [1.82, 2.24) is 5.32 Å². The van der Waals surface area contributed by atoms with Gasteiger partial charge >= 0.3 is 5.97 Å². The summed E-state index contributed by atoms with van der Waals surface area (Å²) in [6, 6.07) is 5.27. The second-order valence-electron chi connectivity index (χ2n) is 3.39. The van der Waals surface area contributed by atoms with Gasteiger partial charge in [-0.2, -0.15) is 0 Å². The summed E-state index contributed by atoms with van der Waals surface area (Å²) in [5.41, 5.74) is 1.02. The molecule has 2 N–H and O–H groups in total. The molecule has 0 aliphatic heterocycles. The molecular weight excluding hydrogens is 230 g/mol. The summed E-state index contributed by atoms with van der Waals surface area (Å²) in [7, 11) is 1.84. The summed E-state index contributed by atoms with van der Waals surface area (Å²) in [5, 5.41) is 12.1. The molecule has 0 spiro atoms. The van der Waals surface area contributed by atoms with Crippen LogP contribution in [0, 0.1) is 0 Å². The minimum absolute atomic E-state index is 0.386. The molecule has 1 rings (SSSR count). The van der Waals surface area contributed by atoms with E-state index in [1.165, 1.54) is 6.92 Å². The van der Waals surface area contributed by atoms with E-state index in [-0.39, 0.29) is 0 Å². The number of aliphatic carboxylic acids is 1. The number of carbonyl (C=O) groups is 1. The number of halogens is 1. The zero-order valence-electron chi connectivity index (χ0n) is 9.16. The number of benzene rings is 1. The second-order valence-corrected chi connectivity index (χ2v) is 3.80. The highest BCUT2D eigenvalue weighted by atomic mass is 35.5. The van der Waals surface area contributed by atoms with Crippen molar-refractivity contribution in [3.63, 3.8) is 0 Å². The summed E-state index contributed by atoms with van der Waals surface area (Å²) in [6.07, 6.45) is -0.910. The van der Waals surface area contributed by atoms with E-state index < -0.39 is 12.1 Å². The quantitative estimate of drug-likeness (QED) is 0.830. The standard InChI is InChI=1S/C11H14ClNO3/c1-7(11(14)15)16-10-4-3-8(6-13-2)5-9(10)12/h3-5,7,13H,6H2,1-2H3,(H,14,15). The van der Waals surface area contributed by atoms with Crippen LogP contribution in [-0.2, 0) is 11.3 Å². The van der Waals surface area contributed by atoms with Crippen LogP contribution in [0.2, 0.25) is 5.02 Å². The first kappa shape index (κ1) is 12.8. The molecule has 0 bridgehead atoms. The molecule has 0 heterocycles. The summed E-state index contributed by atoms with van der Waals surface area (Å²) in [5.74, 6) is -0.633. The zero-order valence-corrected chi connectivity index (χ0v) is 9.91. The summed E-state index contributed by atoms with van der Waals surface area (Å²) < 4.78 is 5.19. The fourth-order valence-corrected chi connectivity index (χ4v) is 1.44. The average Bonchev–Trinajstić information content (AvgIpc) is 2.22. The van der Waals surface area contributed by atoms with Crippen LogP contribution in [0.25, 0.3) is 0 Å². The van der Waals surface area contributed by atoms with Crippen molar-refractivity contribution in [1.29, 1.82) is 0 Å². The van der Waals surface area contributed by atoms with Gasteiger partial charge in [-0.25, -0.2) is 4.79 Å². The smallest absolute Gasteiger partial charge is 0.344 e. The van der Waals surface area contributed by atoms with Crippen molar-refractivity contribution < 1.29 is 14.6 Å². The van der Waals surface area contributed by atoms with E-state index in [0.29, 0.717) is 17.3 Å². The predicted molar refractivity (Wildman–Crippen MR) is 61.9 cm³/mol. The lowest BCUT2D eigenvalue weighted by Gasteiger charge is -2.12. The van der Waals surface area contributed by atoms with Crippen LogP contribution in [0.3, 0.4) is 0 Å². The van der Waals surface area contributed by atoms with Crippen molar-refractivity contribution >= 4 is 17.6 Å². The number of rotatable bonds is 5. The minimum Gasteiger partial charge on any atom is -0.479 e. The summed E-state index contributed by atoms with van der Waals surface area (Å²) in [4.78, 5) is 10.6. The highest BCUT2D eigenvalue weighted by Crippen LogP contribution is 2.26. The third kappa shape index (κ3) is 3.40. The lowest BCUT2D eigenvalue weighted by atomic mass is 10.2. The number of carboxylic acid groups (broad SMARTS) is 1. The minimum atomic E-state index is -1.02. The van der Waals surface area contributed by atoms with E-state index in [2.05, 4.69) is 5.32 Å². The Balaban J connectivity index is 2.78. The zero-order chi connectivity index (χ0) is 12.1. The average molecular weight is 244 g/mol. The fourth-order valence-electron chi connectivity index (χ4n) is 1.19. The van der Waals surface area contributed by atoms with E-state index in [1.54, 1.807) is 12.1 Å². The van der Waals surface area contributed by atoms with Crippen molar-refractivity contribution in [3.8, 4) is 5.75 Å². The van der Waals surface area contributed by atoms with Crippen LogP contribution < -0.4 is 10.1 Å². The largest absolute Gasteiger partial charge is 0.479 e. The maximum Gasteiger partial charge on any atom is 0.344 e. The van der Waals surface area contributed by atoms with Crippen LogP contribution >= 0.6 is 11.6 Å². The van der Waals surface area contributed by atoms with Gasteiger partial charge in [0.2, 0.25) is 0 Å². The number of hydrogen-bond donors (Lipinski definition) is 2. The van der Waals surface area contributed by atoms with E-state index in [9.17, 15) is 4.79 Å². The highest BCUT2D eigenvalue weighted by molar-refractivity contribution is 6.32. The summed E-state index contributed by atoms with van der Waals surface area (Å²) >= 11 is 5.97. The summed E-state index contributed by atoms with van der Waals surface area (Å²) in [6.45, 7) is 2.16. The molecular formula is C11H14ClNO3. The molecule has 0 amide bonds. The monoisotopic (exact) mass is 243 g/mol. The number of hydrogen-bond acceptors (Lipinski definition) is 3. The predicted octanol–water partition coefficient (Wildman–Crippen LogP) is 1.91. The van der Waals surface area contributed by atoms with E-state index in [4.69, 9.17) is 21.4 Å². The Labute approximate surface area is 99.2 Å². The van der Waals surface area contributed by atoms with Gasteiger partial charge in [0.1, 0.15) is 5.75 Å². The van der Waals surface area contributed by atoms with Crippen molar-refractivity contribution in [2.45, 2.75) is 19.6 Å². The highest BCUT2D eigenvalue weighted by Gasteiger charge is 2.14.